The molecule has 7 nitrogen and oxygen atoms in total. The normalized spacial score (nSPS) is 14.0. The van der Waals surface area contributed by atoms with Gasteiger partial charge >= 0.3 is 0 Å². The number of halogens is 2. The van der Waals surface area contributed by atoms with Gasteiger partial charge in [0, 0.05) is 23.5 Å². The maximum Gasteiger partial charge on any atom is 0.253 e. The maximum atomic E-state index is 14.3. The highest BCUT2D eigenvalue weighted by molar-refractivity contribution is 7.14. The Hall–Kier alpha value is -3.14. The zero-order valence-electron chi connectivity index (χ0n) is 16.6. The van der Waals surface area contributed by atoms with E-state index in [0.717, 1.165) is 24.1 Å². The lowest BCUT2D eigenvalue weighted by Crippen LogP contribution is -2.34. The Labute approximate surface area is 176 Å². The first-order chi connectivity index (χ1) is 14.2. The summed E-state index contributed by atoms with van der Waals surface area (Å²) >= 11 is 1.24. The lowest BCUT2D eigenvalue weighted by atomic mass is 10.2. The second-order valence-electron chi connectivity index (χ2n) is 6.88. The Morgan fingerprint density at radius 3 is 2.73 bits per heavy atom. The standard InChI is InChI=1S/C20H21F2N5O2S/c1-12-5-4-6-15(24-12)16-11-30-19(25-16)26-17(28)9-23-18(29)14-7-8-27(10-14)20(3,22)13(2)21/h4-8,10-11,13H,9H2,1-3H3,(H,23,29)(H,25,26,28). The number of thiazole rings is 1. The van der Waals surface area contributed by atoms with Crippen molar-refractivity contribution >= 4 is 28.3 Å². The summed E-state index contributed by atoms with van der Waals surface area (Å²) in [5.41, 5.74) is 2.32. The molecule has 3 heterocycles. The molecule has 3 aromatic heterocycles. The Morgan fingerprint density at radius 1 is 1.27 bits per heavy atom. The number of carbonyl (C=O) groups is 2. The minimum absolute atomic E-state index is 0.120. The molecule has 0 spiro atoms. The number of pyridine rings is 1. The molecular weight excluding hydrogens is 412 g/mol. The summed E-state index contributed by atoms with van der Waals surface area (Å²) in [6, 6.07) is 6.93. The zero-order chi connectivity index (χ0) is 21.9. The highest BCUT2D eigenvalue weighted by Crippen LogP contribution is 2.26. The van der Waals surface area contributed by atoms with Gasteiger partial charge in [0.15, 0.2) is 5.13 Å². The fourth-order valence-electron chi connectivity index (χ4n) is 2.57. The first-order valence-corrected chi connectivity index (χ1v) is 10.0. The molecule has 0 saturated heterocycles. The molecule has 2 amide bonds. The summed E-state index contributed by atoms with van der Waals surface area (Å²) in [4.78, 5) is 33.0. The minimum atomic E-state index is -2.27. The molecule has 0 aromatic carbocycles. The van der Waals surface area contributed by atoms with E-state index in [0.29, 0.717) is 16.5 Å². The van der Waals surface area contributed by atoms with E-state index in [2.05, 4.69) is 20.6 Å². The molecule has 0 bridgehead atoms. The van der Waals surface area contributed by atoms with Gasteiger partial charge in [0.05, 0.1) is 17.8 Å². The van der Waals surface area contributed by atoms with E-state index in [9.17, 15) is 18.4 Å². The van der Waals surface area contributed by atoms with Crippen molar-refractivity contribution in [2.24, 2.45) is 0 Å². The van der Waals surface area contributed by atoms with Crippen molar-refractivity contribution in [1.29, 1.82) is 0 Å². The van der Waals surface area contributed by atoms with E-state index in [-0.39, 0.29) is 12.1 Å². The molecule has 0 aliphatic heterocycles. The fourth-order valence-corrected chi connectivity index (χ4v) is 3.29. The number of nitrogens with zero attached hydrogens (tertiary/aromatic N) is 3. The lowest BCUT2D eigenvalue weighted by Gasteiger charge is -2.23. The molecule has 30 heavy (non-hydrogen) atoms. The van der Waals surface area contributed by atoms with Crippen molar-refractivity contribution in [3.8, 4) is 11.4 Å². The van der Waals surface area contributed by atoms with Crippen molar-refractivity contribution in [2.75, 3.05) is 11.9 Å². The molecular formula is C20H21F2N5O2S. The molecule has 3 rings (SSSR count). The third-order valence-corrected chi connectivity index (χ3v) is 5.25. The van der Waals surface area contributed by atoms with Gasteiger partial charge in [-0.25, -0.2) is 13.8 Å². The third-order valence-electron chi connectivity index (χ3n) is 4.50. The Balaban J connectivity index is 1.55. The number of hydrogen-bond donors (Lipinski definition) is 2. The van der Waals surface area contributed by atoms with Crippen LogP contribution in [0.25, 0.3) is 11.4 Å². The smallest absolute Gasteiger partial charge is 0.253 e. The predicted molar refractivity (Wildman–Crippen MR) is 111 cm³/mol. The van der Waals surface area contributed by atoms with Crippen LogP contribution in [0.5, 0.6) is 0 Å². The molecule has 10 heteroatoms. The molecule has 2 atom stereocenters. The SMILES string of the molecule is Cc1cccc(-c2csc(NC(=O)CNC(=O)c3ccn(C(C)(F)C(C)F)c3)n2)n1. The lowest BCUT2D eigenvalue weighted by molar-refractivity contribution is -0.115. The first kappa shape index (κ1) is 21.6. The van der Waals surface area contributed by atoms with Crippen LogP contribution in [0.15, 0.2) is 42.0 Å². The fraction of sp³-hybridized carbons (Fsp3) is 0.300. The summed E-state index contributed by atoms with van der Waals surface area (Å²) in [6.45, 7) is 3.76. The van der Waals surface area contributed by atoms with Gasteiger partial charge in [-0.1, -0.05) is 6.07 Å². The summed E-state index contributed by atoms with van der Waals surface area (Å²) in [7, 11) is 0. The number of alkyl halides is 2. The van der Waals surface area contributed by atoms with Crippen LogP contribution in [0.3, 0.4) is 0 Å². The zero-order valence-corrected chi connectivity index (χ0v) is 17.5. The number of rotatable bonds is 7. The first-order valence-electron chi connectivity index (χ1n) is 9.16. The number of carbonyl (C=O) groups excluding carboxylic acids is 2. The third kappa shape index (κ3) is 4.88. The van der Waals surface area contributed by atoms with Crippen LogP contribution < -0.4 is 10.6 Å². The van der Waals surface area contributed by atoms with Crippen molar-refractivity contribution in [3.05, 3.63) is 53.3 Å². The molecule has 0 radical (unpaired) electrons. The topological polar surface area (TPSA) is 88.9 Å². The summed E-state index contributed by atoms with van der Waals surface area (Å²) in [5.74, 6) is -3.31. The number of amides is 2. The van der Waals surface area contributed by atoms with Crippen LogP contribution in [0.4, 0.5) is 13.9 Å². The van der Waals surface area contributed by atoms with Gasteiger partial charge < -0.3 is 15.2 Å². The van der Waals surface area contributed by atoms with Gasteiger partial charge in [-0.2, -0.15) is 0 Å². The van der Waals surface area contributed by atoms with Gasteiger partial charge in [0.1, 0.15) is 11.9 Å². The average molecular weight is 433 g/mol. The van der Waals surface area contributed by atoms with E-state index >= 15 is 0 Å². The predicted octanol–water partition coefficient (Wildman–Crippen LogP) is 3.68. The largest absolute Gasteiger partial charge is 0.343 e. The highest BCUT2D eigenvalue weighted by Gasteiger charge is 2.33. The average Bonchev–Trinajstić information content (AvgIpc) is 3.36. The van der Waals surface area contributed by atoms with Crippen LogP contribution in [0.2, 0.25) is 0 Å². The van der Waals surface area contributed by atoms with Crippen molar-refractivity contribution in [1.82, 2.24) is 19.9 Å². The highest BCUT2D eigenvalue weighted by atomic mass is 32.1. The van der Waals surface area contributed by atoms with Crippen molar-refractivity contribution in [3.63, 3.8) is 0 Å². The molecule has 2 N–H and O–H groups in total. The van der Waals surface area contributed by atoms with Gasteiger partial charge in [-0.05, 0) is 39.0 Å². The second-order valence-corrected chi connectivity index (χ2v) is 7.74. The van der Waals surface area contributed by atoms with Crippen LogP contribution in [-0.2, 0) is 10.6 Å². The van der Waals surface area contributed by atoms with Crippen molar-refractivity contribution < 1.29 is 18.4 Å². The van der Waals surface area contributed by atoms with E-state index < -0.39 is 23.8 Å². The number of aromatic nitrogens is 3. The maximum absolute atomic E-state index is 14.3. The van der Waals surface area contributed by atoms with E-state index in [4.69, 9.17) is 0 Å². The number of anilines is 1. The van der Waals surface area contributed by atoms with Crippen molar-refractivity contribution in [2.45, 2.75) is 32.7 Å². The molecule has 158 valence electrons. The Morgan fingerprint density at radius 2 is 2.03 bits per heavy atom. The van der Waals surface area contributed by atoms with Crippen LogP contribution in [0.1, 0.15) is 29.9 Å². The van der Waals surface area contributed by atoms with E-state index in [1.165, 1.54) is 29.8 Å². The summed E-state index contributed by atoms with van der Waals surface area (Å²) in [5, 5.41) is 7.21. The molecule has 0 aliphatic rings. The number of hydrogen-bond acceptors (Lipinski definition) is 5. The van der Waals surface area contributed by atoms with E-state index in [1.807, 2.05) is 25.1 Å². The number of nitrogens with one attached hydrogen (secondary N) is 2. The molecule has 0 fully saturated rings. The molecule has 2 unspecified atom stereocenters. The van der Waals surface area contributed by atoms with E-state index in [1.54, 1.807) is 5.38 Å². The number of aryl methyl sites for hydroxylation is 1. The minimum Gasteiger partial charge on any atom is -0.343 e. The van der Waals surface area contributed by atoms with Gasteiger partial charge in [0.25, 0.3) is 5.91 Å². The summed E-state index contributed by atoms with van der Waals surface area (Å²) in [6.07, 6.45) is 0.719. The summed E-state index contributed by atoms with van der Waals surface area (Å²) < 4.78 is 28.7. The molecule has 0 aliphatic carbocycles. The van der Waals surface area contributed by atoms with Crippen LogP contribution in [-0.4, -0.2) is 39.1 Å². The van der Waals surface area contributed by atoms with Gasteiger partial charge in [-0.15, -0.1) is 11.3 Å². The Bertz CT molecular complexity index is 1060. The quantitative estimate of drug-likeness (QED) is 0.595. The Kier molecular flexibility index (Phi) is 6.25. The monoisotopic (exact) mass is 433 g/mol. The van der Waals surface area contributed by atoms with Crippen LogP contribution in [0, 0.1) is 6.92 Å². The van der Waals surface area contributed by atoms with Crippen LogP contribution >= 0.6 is 11.3 Å². The van der Waals surface area contributed by atoms with Gasteiger partial charge in [-0.3, -0.25) is 14.6 Å². The van der Waals surface area contributed by atoms with Gasteiger partial charge in [0.2, 0.25) is 11.7 Å². The molecule has 0 saturated carbocycles. The molecule has 3 aromatic rings. The second kappa shape index (κ2) is 8.70.